The van der Waals surface area contributed by atoms with Crippen LogP contribution in [0.5, 0.6) is 0 Å². The SMILES string of the molecule is CCc1nc2cc(N)ccc2n1CCC1CCCCC1. The quantitative estimate of drug-likeness (QED) is 0.849. The van der Waals surface area contributed by atoms with Crippen LogP contribution in [0.25, 0.3) is 11.0 Å². The number of aromatic nitrogens is 2. The van der Waals surface area contributed by atoms with Gasteiger partial charge in [0.1, 0.15) is 5.82 Å². The molecule has 1 aromatic heterocycles. The van der Waals surface area contributed by atoms with Crippen molar-refractivity contribution in [2.45, 2.75) is 58.4 Å². The zero-order valence-electron chi connectivity index (χ0n) is 12.4. The first-order valence-corrected chi connectivity index (χ1v) is 8.02. The van der Waals surface area contributed by atoms with Crippen LogP contribution in [0.15, 0.2) is 18.2 Å². The molecule has 1 aliphatic carbocycles. The highest BCUT2D eigenvalue weighted by molar-refractivity contribution is 5.79. The Hall–Kier alpha value is -1.51. The van der Waals surface area contributed by atoms with E-state index in [0.29, 0.717) is 0 Å². The van der Waals surface area contributed by atoms with Gasteiger partial charge in [0, 0.05) is 18.7 Å². The van der Waals surface area contributed by atoms with E-state index in [1.807, 2.05) is 12.1 Å². The summed E-state index contributed by atoms with van der Waals surface area (Å²) in [4.78, 5) is 4.74. The molecule has 2 aromatic rings. The van der Waals surface area contributed by atoms with Gasteiger partial charge in [-0.1, -0.05) is 39.0 Å². The molecule has 1 aromatic carbocycles. The fraction of sp³-hybridized carbons (Fsp3) is 0.588. The molecule has 3 nitrogen and oxygen atoms in total. The number of rotatable bonds is 4. The van der Waals surface area contributed by atoms with Crippen LogP contribution in [-0.2, 0) is 13.0 Å². The third-order valence-electron chi connectivity index (χ3n) is 4.65. The lowest BCUT2D eigenvalue weighted by atomic mass is 9.87. The second-order valence-corrected chi connectivity index (χ2v) is 6.07. The number of nitrogens with two attached hydrogens (primary N) is 1. The maximum atomic E-state index is 5.87. The summed E-state index contributed by atoms with van der Waals surface area (Å²) in [7, 11) is 0. The Morgan fingerprint density at radius 3 is 2.80 bits per heavy atom. The van der Waals surface area contributed by atoms with Crippen molar-refractivity contribution >= 4 is 16.7 Å². The van der Waals surface area contributed by atoms with Crippen molar-refractivity contribution in [2.24, 2.45) is 5.92 Å². The van der Waals surface area contributed by atoms with Gasteiger partial charge in [-0.3, -0.25) is 0 Å². The first-order valence-electron chi connectivity index (χ1n) is 8.02. The number of nitrogen functional groups attached to an aromatic ring is 1. The summed E-state index contributed by atoms with van der Waals surface area (Å²) in [5, 5.41) is 0. The molecule has 1 fully saturated rings. The van der Waals surface area contributed by atoms with E-state index in [-0.39, 0.29) is 0 Å². The molecule has 2 N–H and O–H groups in total. The Kier molecular flexibility index (Phi) is 3.95. The third-order valence-corrected chi connectivity index (χ3v) is 4.65. The molecule has 3 rings (SSSR count). The minimum atomic E-state index is 0.803. The van der Waals surface area contributed by atoms with Gasteiger partial charge >= 0.3 is 0 Å². The van der Waals surface area contributed by atoms with Crippen LogP contribution in [0, 0.1) is 5.92 Å². The molecule has 1 heterocycles. The van der Waals surface area contributed by atoms with Gasteiger partial charge in [0.15, 0.2) is 0 Å². The van der Waals surface area contributed by atoms with Crippen molar-refractivity contribution < 1.29 is 0 Å². The molecule has 20 heavy (non-hydrogen) atoms. The molecule has 0 saturated heterocycles. The number of aryl methyl sites for hydroxylation is 2. The van der Waals surface area contributed by atoms with Crippen LogP contribution in [0.3, 0.4) is 0 Å². The monoisotopic (exact) mass is 271 g/mol. The van der Waals surface area contributed by atoms with Crippen LogP contribution < -0.4 is 5.73 Å². The standard InChI is InChI=1S/C17H25N3/c1-2-17-19-15-12-14(18)8-9-16(15)20(17)11-10-13-6-4-3-5-7-13/h8-9,12-13H,2-7,10-11,18H2,1H3. The molecule has 0 amide bonds. The molecule has 3 heteroatoms. The van der Waals surface area contributed by atoms with Crippen LogP contribution in [-0.4, -0.2) is 9.55 Å². The summed E-state index contributed by atoms with van der Waals surface area (Å²) < 4.78 is 2.41. The average molecular weight is 271 g/mol. The summed E-state index contributed by atoms with van der Waals surface area (Å²) in [6, 6.07) is 6.10. The van der Waals surface area contributed by atoms with Gasteiger partial charge in [-0.2, -0.15) is 0 Å². The van der Waals surface area contributed by atoms with Crippen LogP contribution in [0.1, 0.15) is 51.3 Å². The number of anilines is 1. The average Bonchev–Trinajstić information content (AvgIpc) is 2.83. The van der Waals surface area contributed by atoms with Crippen molar-refractivity contribution in [1.29, 1.82) is 0 Å². The molecule has 1 saturated carbocycles. The number of hydrogen-bond donors (Lipinski definition) is 1. The van der Waals surface area contributed by atoms with E-state index in [0.717, 1.165) is 30.1 Å². The van der Waals surface area contributed by atoms with E-state index < -0.39 is 0 Å². The zero-order valence-corrected chi connectivity index (χ0v) is 12.4. The van der Waals surface area contributed by atoms with E-state index in [9.17, 15) is 0 Å². The van der Waals surface area contributed by atoms with Crippen molar-refractivity contribution in [1.82, 2.24) is 9.55 Å². The highest BCUT2D eigenvalue weighted by Gasteiger charge is 2.15. The fourth-order valence-corrected chi connectivity index (χ4v) is 3.50. The fourth-order valence-electron chi connectivity index (χ4n) is 3.50. The lowest BCUT2D eigenvalue weighted by molar-refractivity contribution is 0.324. The van der Waals surface area contributed by atoms with Gasteiger partial charge < -0.3 is 10.3 Å². The number of fused-ring (bicyclic) bond motifs is 1. The van der Waals surface area contributed by atoms with E-state index in [1.54, 1.807) is 0 Å². The zero-order chi connectivity index (χ0) is 13.9. The van der Waals surface area contributed by atoms with Gasteiger partial charge in [0.25, 0.3) is 0 Å². The molecule has 0 spiro atoms. The highest BCUT2D eigenvalue weighted by Crippen LogP contribution is 2.28. The molecule has 0 bridgehead atoms. The second kappa shape index (κ2) is 5.86. The molecular weight excluding hydrogens is 246 g/mol. The molecular formula is C17H25N3. The van der Waals surface area contributed by atoms with E-state index >= 15 is 0 Å². The summed E-state index contributed by atoms with van der Waals surface area (Å²) in [6.45, 7) is 3.29. The molecule has 108 valence electrons. The molecule has 0 unspecified atom stereocenters. The van der Waals surface area contributed by atoms with Crippen molar-refractivity contribution in [2.75, 3.05) is 5.73 Å². The Morgan fingerprint density at radius 2 is 2.05 bits per heavy atom. The minimum absolute atomic E-state index is 0.803. The maximum Gasteiger partial charge on any atom is 0.109 e. The van der Waals surface area contributed by atoms with Crippen molar-refractivity contribution in [3.8, 4) is 0 Å². The van der Waals surface area contributed by atoms with Gasteiger partial charge in [-0.25, -0.2) is 4.98 Å². The van der Waals surface area contributed by atoms with Crippen LogP contribution in [0.4, 0.5) is 5.69 Å². The Balaban J connectivity index is 1.81. The predicted molar refractivity (Wildman–Crippen MR) is 84.7 cm³/mol. The Bertz CT molecular complexity index is 579. The maximum absolute atomic E-state index is 5.87. The number of nitrogens with zero attached hydrogens (tertiary/aromatic N) is 2. The van der Waals surface area contributed by atoms with Crippen molar-refractivity contribution in [3.63, 3.8) is 0 Å². The Morgan fingerprint density at radius 1 is 1.25 bits per heavy atom. The van der Waals surface area contributed by atoms with Crippen molar-refractivity contribution in [3.05, 3.63) is 24.0 Å². The molecule has 1 aliphatic rings. The predicted octanol–water partition coefficient (Wildman–Crippen LogP) is 4.15. The van der Waals surface area contributed by atoms with Crippen LogP contribution >= 0.6 is 0 Å². The van der Waals surface area contributed by atoms with Gasteiger partial charge in [-0.15, -0.1) is 0 Å². The summed E-state index contributed by atoms with van der Waals surface area (Å²) in [5.74, 6) is 2.11. The summed E-state index contributed by atoms with van der Waals surface area (Å²) >= 11 is 0. The smallest absolute Gasteiger partial charge is 0.109 e. The first-order chi connectivity index (χ1) is 9.78. The second-order valence-electron chi connectivity index (χ2n) is 6.07. The van der Waals surface area contributed by atoms with Gasteiger partial charge in [0.2, 0.25) is 0 Å². The topological polar surface area (TPSA) is 43.8 Å². The number of hydrogen-bond acceptors (Lipinski definition) is 2. The highest BCUT2D eigenvalue weighted by atomic mass is 15.1. The normalized spacial score (nSPS) is 16.9. The lowest BCUT2D eigenvalue weighted by Gasteiger charge is -2.22. The lowest BCUT2D eigenvalue weighted by Crippen LogP contribution is -2.11. The van der Waals surface area contributed by atoms with Gasteiger partial charge in [-0.05, 0) is 30.5 Å². The number of imidazole rings is 1. The third kappa shape index (κ3) is 2.67. The number of benzene rings is 1. The minimum Gasteiger partial charge on any atom is -0.399 e. The van der Waals surface area contributed by atoms with Crippen LogP contribution in [0.2, 0.25) is 0 Å². The largest absolute Gasteiger partial charge is 0.399 e. The van der Waals surface area contributed by atoms with E-state index in [4.69, 9.17) is 10.7 Å². The summed E-state index contributed by atoms with van der Waals surface area (Å²) in [5.41, 5.74) is 8.96. The van der Waals surface area contributed by atoms with E-state index in [2.05, 4.69) is 17.6 Å². The van der Waals surface area contributed by atoms with E-state index in [1.165, 1.54) is 49.9 Å². The molecule has 0 atom stereocenters. The first kappa shape index (κ1) is 13.5. The summed E-state index contributed by atoms with van der Waals surface area (Å²) in [6.07, 6.45) is 9.40. The molecule has 0 aliphatic heterocycles. The molecule has 0 radical (unpaired) electrons. The van der Waals surface area contributed by atoms with Gasteiger partial charge in [0.05, 0.1) is 11.0 Å². The Labute approximate surface area is 121 Å².